The van der Waals surface area contributed by atoms with Crippen molar-refractivity contribution >= 4 is 0 Å². The molecule has 3 N–H and O–H groups in total. The summed E-state index contributed by atoms with van der Waals surface area (Å²) in [5, 5.41) is 8.95. The van der Waals surface area contributed by atoms with E-state index in [2.05, 4.69) is 4.90 Å². The Morgan fingerprint density at radius 3 is 2.67 bits per heavy atom. The number of nitrogens with zero attached hydrogens (tertiary/aromatic N) is 1. The average Bonchev–Trinajstić information content (AvgIpc) is 2.29. The molecule has 88 valence electrons. The molecule has 3 heteroatoms. The first-order chi connectivity index (χ1) is 7.29. The zero-order valence-corrected chi connectivity index (χ0v) is 9.57. The molecule has 3 unspecified atom stereocenters. The predicted molar refractivity (Wildman–Crippen MR) is 61.6 cm³/mol. The standard InChI is InChI=1S/C12H24N2O/c13-12(9-15)8-14-6-5-10-3-1-2-4-11(10)7-14/h10-12,15H,1-9,13H2. The molecule has 2 fully saturated rings. The van der Waals surface area contributed by atoms with E-state index >= 15 is 0 Å². The smallest absolute Gasteiger partial charge is 0.0595 e. The summed E-state index contributed by atoms with van der Waals surface area (Å²) in [6.45, 7) is 3.40. The monoisotopic (exact) mass is 212 g/mol. The molecule has 1 aliphatic carbocycles. The van der Waals surface area contributed by atoms with Crippen molar-refractivity contribution in [3.8, 4) is 0 Å². The number of aliphatic hydroxyl groups is 1. The van der Waals surface area contributed by atoms with E-state index in [1.807, 2.05) is 0 Å². The van der Waals surface area contributed by atoms with Gasteiger partial charge in [0.05, 0.1) is 6.61 Å². The molecule has 1 heterocycles. The van der Waals surface area contributed by atoms with Gasteiger partial charge in [-0.2, -0.15) is 0 Å². The zero-order chi connectivity index (χ0) is 10.7. The molecule has 2 aliphatic rings. The fourth-order valence-electron chi connectivity index (χ4n) is 3.23. The summed E-state index contributed by atoms with van der Waals surface area (Å²) in [7, 11) is 0. The van der Waals surface area contributed by atoms with Crippen molar-refractivity contribution in [2.24, 2.45) is 17.6 Å². The van der Waals surface area contributed by atoms with Crippen LogP contribution in [0, 0.1) is 11.8 Å². The number of rotatable bonds is 3. The van der Waals surface area contributed by atoms with E-state index in [1.165, 1.54) is 45.2 Å². The van der Waals surface area contributed by atoms with Crippen LogP contribution in [0.4, 0.5) is 0 Å². The van der Waals surface area contributed by atoms with Crippen LogP contribution in [0.2, 0.25) is 0 Å². The van der Waals surface area contributed by atoms with Crippen molar-refractivity contribution in [2.45, 2.75) is 38.1 Å². The number of hydrogen-bond donors (Lipinski definition) is 2. The molecule has 1 aliphatic heterocycles. The Balaban J connectivity index is 1.80. The van der Waals surface area contributed by atoms with Gasteiger partial charge in [-0.05, 0) is 31.2 Å². The first-order valence-corrected chi connectivity index (χ1v) is 6.38. The number of fused-ring (bicyclic) bond motifs is 1. The highest BCUT2D eigenvalue weighted by molar-refractivity contribution is 4.84. The topological polar surface area (TPSA) is 49.5 Å². The number of likely N-dealkylation sites (tertiary alicyclic amines) is 1. The van der Waals surface area contributed by atoms with Crippen molar-refractivity contribution in [1.82, 2.24) is 4.90 Å². The maximum atomic E-state index is 8.95. The first-order valence-electron chi connectivity index (χ1n) is 6.38. The number of aliphatic hydroxyl groups excluding tert-OH is 1. The summed E-state index contributed by atoms with van der Waals surface area (Å²) >= 11 is 0. The lowest BCUT2D eigenvalue weighted by atomic mass is 9.75. The van der Waals surface area contributed by atoms with Gasteiger partial charge >= 0.3 is 0 Å². The van der Waals surface area contributed by atoms with Crippen LogP contribution < -0.4 is 5.73 Å². The van der Waals surface area contributed by atoms with Gasteiger partial charge in [0.1, 0.15) is 0 Å². The highest BCUT2D eigenvalue weighted by Gasteiger charge is 2.31. The quantitative estimate of drug-likeness (QED) is 0.728. The molecule has 3 nitrogen and oxygen atoms in total. The second kappa shape index (κ2) is 5.28. The highest BCUT2D eigenvalue weighted by Crippen LogP contribution is 2.35. The minimum atomic E-state index is -0.0508. The normalized spacial score (nSPS) is 34.8. The Bertz CT molecular complexity index is 198. The van der Waals surface area contributed by atoms with Gasteiger partial charge in [0.2, 0.25) is 0 Å². The lowest BCUT2D eigenvalue weighted by Gasteiger charge is -2.41. The minimum absolute atomic E-state index is 0.0508. The average molecular weight is 212 g/mol. The second-order valence-corrected chi connectivity index (χ2v) is 5.30. The molecular formula is C12H24N2O. The van der Waals surface area contributed by atoms with E-state index in [4.69, 9.17) is 10.8 Å². The lowest BCUT2D eigenvalue weighted by Crippen LogP contribution is -2.47. The summed E-state index contributed by atoms with van der Waals surface area (Å²) in [6, 6.07) is -0.0508. The number of piperidine rings is 1. The fraction of sp³-hybridized carbons (Fsp3) is 1.00. The van der Waals surface area contributed by atoms with Gasteiger partial charge < -0.3 is 15.7 Å². The molecule has 3 atom stereocenters. The van der Waals surface area contributed by atoms with Gasteiger partial charge in [0.25, 0.3) is 0 Å². The molecule has 1 saturated heterocycles. The lowest BCUT2D eigenvalue weighted by molar-refractivity contribution is 0.0770. The van der Waals surface area contributed by atoms with Gasteiger partial charge in [0.15, 0.2) is 0 Å². The van der Waals surface area contributed by atoms with Crippen LogP contribution in [-0.2, 0) is 0 Å². The number of hydrogen-bond acceptors (Lipinski definition) is 3. The zero-order valence-electron chi connectivity index (χ0n) is 9.57. The predicted octanol–water partition coefficient (Wildman–Crippen LogP) is 0.818. The van der Waals surface area contributed by atoms with E-state index < -0.39 is 0 Å². The third kappa shape index (κ3) is 2.92. The van der Waals surface area contributed by atoms with Crippen LogP contribution in [0.3, 0.4) is 0 Å². The van der Waals surface area contributed by atoms with E-state index in [9.17, 15) is 0 Å². The van der Waals surface area contributed by atoms with Gasteiger partial charge in [-0.15, -0.1) is 0 Å². The number of nitrogens with two attached hydrogens (primary N) is 1. The summed E-state index contributed by atoms with van der Waals surface area (Å²) in [5.41, 5.74) is 5.78. The van der Waals surface area contributed by atoms with Crippen LogP contribution in [0.1, 0.15) is 32.1 Å². The summed E-state index contributed by atoms with van der Waals surface area (Å²) in [6.07, 6.45) is 7.07. The molecule has 0 amide bonds. The Morgan fingerprint density at radius 2 is 1.93 bits per heavy atom. The van der Waals surface area contributed by atoms with Crippen LogP contribution in [0.25, 0.3) is 0 Å². The summed E-state index contributed by atoms with van der Waals surface area (Å²) < 4.78 is 0. The molecule has 0 aromatic carbocycles. The minimum Gasteiger partial charge on any atom is -0.395 e. The van der Waals surface area contributed by atoms with Crippen LogP contribution in [-0.4, -0.2) is 42.3 Å². The molecule has 0 aromatic heterocycles. The Labute approximate surface area is 92.6 Å². The van der Waals surface area contributed by atoms with E-state index in [-0.39, 0.29) is 12.6 Å². The summed E-state index contributed by atoms with van der Waals surface area (Å²) in [5.74, 6) is 1.90. The van der Waals surface area contributed by atoms with Crippen LogP contribution >= 0.6 is 0 Å². The molecule has 0 radical (unpaired) electrons. The third-order valence-electron chi connectivity index (χ3n) is 4.10. The van der Waals surface area contributed by atoms with E-state index in [0.29, 0.717) is 0 Å². The van der Waals surface area contributed by atoms with Crippen LogP contribution in [0.15, 0.2) is 0 Å². The van der Waals surface area contributed by atoms with Gasteiger partial charge in [-0.3, -0.25) is 0 Å². The third-order valence-corrected chi connectivity index (χ3v) is 4.10. The van der Waals surface area contributed by atoms with E-state index in [1.54, 1.807) is 0 Å². The highest BCUT2D eigenvalue weighted by atomic mass is 16.3. The maximum Gasteiger partial charge on any atom is 0.0595 e. The molecule has 15 heavy (non-hydrogen) atoms. The van der Waals surface area contributed by atoms with Gasteiger partial charge in [0, 0.05) is 19.1 Å². The second-order valence-electron chi connectivity index (χ2n) is 5.30. The van der Waals surface area contributed by atoms with Crippen molar-refractivity contribution in [3.05, 3.63) is 0 Å². The van der Waals surface area contributed by atoms with E-state index in [0.717, 1.165) is 18.4 Å². The largest absolute Gasteiger partial charge is 0.395 e. The molecule has 2 rings (SSSR count). The Morgan fingerprint density at radius 1 is 1.20 bits per heavy atom. The van der Waals surface area contributed by atoms with Crippen molar-refractivity contribution in [3.63, 3.8) is 0 Å². The Kier molecular flexibility index (Phi) is 4.00. The Hall–Kier alpha value is -0.120. The summed E-state index contributed by atoms with van der Waals surface area (Å²) in [4.78, 5) is 2.45. The fourth-order valence-corrected chi connectivity index (χ4v) is 3.23. The molecule has 0 bridgehead atoms. The molecule has 1 saturated carbocycles. The van der Waals surface area contributed by atoms with Crippen molar-refractivity contribution in [2.75, 3.05) is 26.2 Å². The van der Waals surface area contributed by atoms with Crippen molar-refractivity contribution < 1.29 is 5.11 Å². The maximum absolute atomic E-state index is 8.95. The van der Waals surface area contributed by atoms with Gasteiger partial charge in [-0.25, -0.2) is 0 Å². The SMILES string of the molecule is NC(CO)CN1CCC2CCCCC2C1. The van der Waals surface area contributed by atoms with Crippen LogP contribution in [0.5, 0.6) is 0 Å². The van der Waals surface area contributed by atoms with Gasteiger partial charge in [-0.1, -0.05) is 19.3 Å². The van der Waals surface area contributed by atoms with Crippen molar-refractivity contribution in [1.29, 1.82) is 0 Å². The molecule has 0 spiro atoms. The molecule has 0 aromatic rings. The molecular weight excluding hydrogens is 188 g/mol. The first kappa shape index (κ1) is 11.4.